The molecule has 2 N–H and O–H groups in total. The Morgan fingerprint density at radius 3 is 0.732 bits per heavy atom. The summed E-state index contributed by atoms with van der Waals surface area (Å²) < 4.78 is 0. The second-order valence-corrected chi connectivity index (χ2v) is 17.6. The van der Waals surface area contributed by atoms with Gasteiger partial charge in [-0.3, -0.25) is 14.4 Å². The summed E-state index contributed by atoms with van der Waals surface area (Å²) in [6.07, 6.45) is 47.0. The smallest absolute Gasteiger partial charge is 0.168 e. The number of hydrogen-bond donors (Lipinski definition) is 2. The van der Waals surface area contributed by atoms with Gasteiger partial charge in [-0.25, -0.2) is 0 Å². The number of carbonyl (C=O) groups excluding carboxylic acids is 3. The van der Waals surface area contributed by atoms with Gasteiger partial charge in [-0.15, -0.1) is 0 Å². The molecule has 0 unspecified atom stereocenters. The Morgan fingerprint density at radius 1 is 0.321 bits per heavy atom. The molecule has 1 atom stereocenters. The van der Waals surface area contributed by atoms with Gasteiger partial charge in [-0.1, -0.05) is 252 Å². The lowest BCUT2D eigenvalue weighted by Crippen LogP contribution is -2.53. The minimum Gasteiger partial charge on any atom is -0.393 e. The molecule has 0 saturated carbocycles. The highest BCUT2D eigenvalue weighted by atomic mass is 16.3. The second-order valence-electron chi connectivity index (χ2n) is 17.6. The molecule has 0 amide bonds. The van der Waals surface area contributed by atoms with Crippen LogP contribution in [0.25, 0.3) is 0 Å². The van der Waals surface area contributed by atoms with E-state index in [0.717, 1.165) is 57.8 Å². The molecule has 0 aromatic carbocycles. The van der Waals surface area contributed by atoms with Gasteiger partial charge >= 0.3 is 0 Å². The minimum atomic E-state index is -2.39. The van der Waals surface area contributed by atoms with Crippen molar-refractivity contribution in [2.75, 3.05) is 6.61 Å². The highest BCUT2D eigenvalue weighted by molar-refractivity contribution is 6.22. The summed E-state index contributed by atoms with van der Waals surface area (Å²) in [4.78, 5) is 40.8. The van der Waals surface area contributed by atoms with Crippen LogP contribution in [0, 0.1) is 5.92 Å². The van der Waals surface area contributed by atoms with Crippen molar-refractivity contribution in [1.82, 2.24) is 0 Å². The van der Waals surface area contributed by atoms with Gasteiger partial charge in [0, 0.05) is 19.3 Å². The number of hydrogen-bond acceptors (Lipinski definition) is 5. The first kappa shape index (κ1) is 54.9. The lowest BCUT2D eigenvalue weighted by Gasteiger charge is -2.31. The predicted octanol–water partition coefficient (Wildman–Crippen LogP) is 15.4. The Kier molecular flexibility index (Phi) is 41.3. The van der Waals surface area contributed by atoms with E-state index in [-0.39, 0.29) is 25.2 Å². The maximum atomic E-state index is 13.6. The molecular weight excluding hydrogens is 693 g/mol. The number of rotatable bonds is 47. The largest absolute Gasteiger partial charge is 0.393 e. The first-order valence-electron chi connectivity index (χ1n) is 25.2. The summed E-state index contributed by atoms with van der Waals surface area (Å²) >= 11 is 0. The van der Waals surface area contributed by atoms with E-state index in [2.05, 4.69) is 20.8 Å². The zero-order valence-electron chi connectivity index (χ0n) is 38.0. The molecule has 0 heterocycles. The summed E-state index contributed by atoms with van der Waals surface area (Å²) in [6, 6.07) is 0. The number of aliphatic hydroxyl groups excluding tert-OH is 1. The van der Waals surface area contributed by atoms with Crippen LogP contribution in [-0.2, 0) is 14.4 Å². The van der Waals surface area contributed by atoms with Crippen LogP contribution >= 0.6 is 0 Å². The number of carbonyl (C=O) groups is 3. The number of unbranched alkanes of at least 4 members (excludes halogenated alkanes) is 36. The zero-order chi connectivity index (χ0) is 41.2. The van der Waals surface area contributed by atoms with Gasteiger partial charge in [0.25, 0.3) is 0 Å². The van der Waals surface area contributed by atoms with E-state index in [4.69, 9.17) is 0 Å². The zero-order valence-corrected chi connectivity index (χ0v) is 38.0. The van der Waals surface area contributed by atoms with Crippen LogP contribution in [0.5, 0.6) is 0 Å². The minimum absolute atomic E-state index is 0.0797. The average molecular weight is 790 g/mol. The van der Waals surface area contributed by atoms with Crippen LogP contribution in [0.4, 0.5) is 0 Å². The Balaban J connectivity index is 4.78. The van der Waals surface area contributed by atoms with Gasteiger partial charge in [0.15, 0.2) is 23.0 Å². The molecule has 0 bridgehead atoms. The van der Waals surface area contributed by atoms with Crippen molar-refractivity contribution in [2.45, 2.75) is 296 Å². The average Bonchev–Trinajstić information content (AvgIpc) is 3.20. The third-order valence-corrected chi connectivity index (χ3v) is 12.2. The highest BCUT2D eigenvalue weighted by Crippen LogP contribution is 2.30. The van der Waals surface area contributed by atoms with Crippen LogP contribution in [0.2, 0.25) is 0 Å². The summed E-state index contributed by atoms with van der Waals surface area (Å²) in [5.41, 5.74) is -2.39. The maximum Gasteiger partial charge on any atom is 0.168 e. The van der Waals surface area contributed by atoms with Crippen molar-refractivity contribution in [3.8, 4) is 0 Å². The molecule has 1 radical (unpaired) electrons. The van der Waals surface area contributed by atoms with E-state index in [1.54, 1.807) is 0 Å². The molecule has 56 heavy (non-hydrogen) atoms. The Labute approximate surface area is 349 Å². The molecule has 0 spiro atoms. The highest BCUT2D eigenvalue weighted by Gasteiger charge is 2.50. The molecule has 0 aliphatic heterocycles. The fourth-order valence-corrected chi connectivity index (χ4v) is 8.29. The molecule has 5 heteroatoms. The van der Waals surface area contributed by atoms with Crippen LogP contribution in [0.3, 0.4) is 0 Å². The summed E-state index contributed by atoms with van der Waals surface area (Å²) in [6.45, 7) is 5.86. The first-order valence-corrected chi connectivity index (χ1v) is 25.2. The van der Waals surface area contributed by atoms with Crippen molar-refractivity contribution in [2.24, 2.45) is 0 Å². The third-order valence-electron chi connectivity index (χ3n) is 12.2. The summed E-state index contributed by atoms with van der Waals surface area (Å²) in [5.74, 6) is -1.79. The van der Waals surface area contributed by atoms with Gasteiger partial charge in [0.2, 0.25) is 0 Å². The molecule has 0 rings (SSSR count). The van der Waals surface area contributed by atoms with E-state index in [9.17, 15) is 24.6 Å². The van der Waals surface area contributed by atoms with Crippen molar-refractivity contribution in [1.29, 1.82) is 0 Å². The molecule has 331 valence electrons. The van der Waals surface area contributed by atoms with Gasteiger partial charge < -0.3 is 10.2 Å². The first-order chi connectivity index (χ1) is 27.4. The normalized spacial score (nSPS) is 12.8. The van der Waals surface area contributed by atoms with Gasteiger partial charge in [0.05, 0.1) is 6.61 Å². The quantitative estimate of drug-likeness (QED) is 0.0473. The van der Waals surface area contributed by atoms with Crippen molar-refractivity contribution >= 4 is 17.3 Å². The van der Waals surface area contributed by atoms with Crippen LogP contribution < -0.4 is 0 Å². The maximum absolute atomic E-state index is 13.6. The molecular formula is C51H97O5. The van der Waals surface area contributed by atoms with E-state index in [0.29, 0.717) is 19.3 Å². The summed E-state index contributed by atoms with van der Waals surface area (Å²) in [7, 11) is 0. The predicted molar refractivity (Wildman–Crippen MR) is 241 cm³/mol. The molecule has 0 fully saturated rings. The number of ketones is 3. The van der Waals surface area contributed by atoms with Crippen molar-refractivity contribution < 1.29 is 24.6 Å². The van der Waals surface area contributed by atoms with Crippen molar-refractivity contribution in [3.05, 3.63) is 5.92 Å². The Morgan fingerprint density at radius 2 is 0.518 bits per heavy atom. The number of aliphatic hydroxyl groups is 2. The van der Waals surface area contributed by atoms with E-state index < -0.39 is 29.6 Å². The van der Waals surface area contributed by atoms with Crippen LogP contribution in [0.15, 0.2) is 0 Å². The SMILES string of the molecule is CCCCCCCCCCCCCCCC(=O)[C](C(=O)CCCCCCCCCCCCCCC)[C@](O)(CO)C(=O)CCCCCCCCCCCCCCC. The topological polar surface area (TPSA) is 91.7 Å². The third kappa shape index (κ3) is 31.9. The lowest BCUT2D eigenvalue weighted by molar-refractivity contribution is -0.147. The fraction of sp³-hybridized carbons (Fsp3) is 0.922. The summed E-state index contributed by atoms with van der Waals surface area (Å²) in [5, 5.41) is 22.0. The van der Waals surface area contributed by atoms with Gasteiger partial charge in [0.1, 0.15) is 5.92 Å². The van der Waals surface area contributed by atoms with E-state index in [1.165, 1.54) is 173 Å². The van der Waals surface area contributed by atoms with Crippen LogP contribution in [-0.4, -0.2) is 39.8 Å². The Hall–Kier alpha value is -1.07. The molecule has 0 aromatic rings. The van der Waals surface area contributed by atoms with Gasteiger partial charge in [-0.05, 0) is 19.3 Å². The van der Waals surface area contributed by atoms with E-state index >= 15 is 0 Å². The lowest BCUT2D eigenvalue weighted by atomic mass is 9.75. The standard InChI is InChI=1S/C51H97O5/c1-4-7-10-13-16-19-22-25-28-31-34-37-40-43-47(53)50(48(54)44-41-38-35-32-29-26-23-20-17-14-11-8-5-2)51(56,46-52)49(55)45-42-39-36-33-30-27-24-21-18-15-12-9-6-3/h52,56H,4-46H2,1-3H3/t51-/m0/s1. The van der Waals surface area contributed by atoms with Gasteiger partial charge in [-0.2, -0.15) is 0 Å². The Bertz CT molecular complexity index is 828. The number of Topliss-reactive ketones (excluding diaryl/α,β-unsaturated/α-hetero) is 3. The second kappa shape index (κ2) is 42.1. The molecule has 5 nitrogen and oxygen atoms in total. The molecule has 0 aliphatic rings. The molecule has 0 saturated heterocycles. The molecule has 0 aromatic heterocycles. The van der Waals surface area contributed by atoms with E-state index in [1.807, 2.05) is 0 Å². The van der Waals surface area contributed by atoms with Crippen molar-refractivity contribution in [3.63, 3.8) is 0 Å². The van der Waals surface area contributed by atoms with Crippen LogP contribution in [0.1, 0.15) is 290 Å². The monoisotopic (exact) mass is 790 g/mol. The fourth-order valence-electron chi connectivity index (χ4n) is 8.29. The molecule has 0 aliphatic carbocycles.